The summed E-state index contributed by atoms with van der Waals surface area (Å²) in [6, 6.07) is 11.4. The van der Waals surface area contributed by atoms with Crippen molar-refractivity contribution in [1.29, 1.82) is 0 Å². The number of carbonyl (C=O) groups excluding carboxylic acids is 2. The fourth-order valence-corrected chi connectivity index (χ4v) is 3.88. The number of carbonyl (C=O) groups is 2. The van der Waals surface area contributed by atoms with Crippen LogP contribution in [0.4, 0.5) is 18.9 Å². The molecule has 1 amide bonds. The number of thioether (sulfide) groups is 1. The van der Waals surface area contributed by atoms with E-state index in [1.807, 2.05) is 5.38 Å². The van der Waals surface area contributed by atoms with Crippen LogP contribution in [0.25, 0.3) is 0 Å². The molecule has 2 aromatic carbocycles. The van der Waals surface area contributed by atoms with Gasteiger partial charge in [-0.3, -0.25) is 4.79 Å². The normalized spacial score (nSPS) is 12.1. The number of nitrogens with zero attached hydrogens (tertiary/aromatic N) is 1. The van der Waals surface area contributed by atoms with Crippen molar-refractivity contribution in [3.63, 3.8) is 0 Å². The van der Waals surface area contributed by atoms with Gasteiger partial charge in [-0.05, 0) is 55.5 Å². The zero-order valence-electron chi connectivity index (χ0n) is 16.6. The van der Waals surface area contributed by atoms with Crippen LogP contribution in [0.15, 0.2) is 64.3 Å². The molecule has 1 N–H and O–H groups in total. The van der Waals surface area contributed by atoms with Gasteiger partial charge in [-0.1, -0.05) is 0 Å². The molecular weight excluding hydrogens is 465 g/mol. The Bertz CT molecular complexity index is 1040. The Morgan fingerprint density at radius 2 is 1.81 bits per heavy atom. The molecule has 168 valence electrons. The molecule has 3 aromatic rings. The van der Waals surface area contributed by atoms with Crippen LogP contribution in [0.2, 0.25) is 0 Å². The number of nitrogens with one attached hydrogen (secondary N) is 1. The summed E-state index contributed by atoms with van der Waals surface area (Å²) in [4.78, 5) is 29.7. The van der Waals surface area contributed by atoms with E-state index in [0.29, 0.717) is 5.75 Å². The third-order valence-electron chi connectivity index (χ3n) is 3.97. The summed E-state index contributed by atoms with van der Waals surface area (Å²) < 4.78 is 45.5. The van der Waals surface area contributed by atoms with Crippen LogP contribution in [0.1, 0.15) is 23.0 Å². The molecule has 0 spiro atoms. The van der Waals surface area contributed by atoms with Crippen molar-refractivity contribution in [1.82, 2.24) is 4.98 Å². The predicted molar refractivity (Wildman–Crippen MR) is 115 cm³/mol. The Labute approximate surface area is 189 Å². The number of rotatable bonds is 8. The standard InChI is InChI=1S/C21H17F3N2O4S2/c1-13(19(27)26-15-4-6-17(7-5-15)30-21(22,23)24)29-20(28)14-2-8-18(9-3-14)32-11-16-10-31-12-25-16/h2-10,12-13H,11H2,1H3,(H,26,27)/t13-/m0/s1. The average Bonchev–Trinajstić information content (AvgIpc) is 3.26. The lowest BCUT2D eigenvalue weighted by atomic mass is 10.2. The number of benzene rings is 2. The molecule has 0 saturated heterocycles. The van der Waals surface area contributed by atoms with Crippen molar-refractivity contribution in [3.05, 3.63) is 70.7 Å². The van der Waals surface area contributed by atoms with Gasteiger partial charge in [0.15, 0.2) is 6.10 Å². The molecular formula is C21H17F3N2O4S2. The highest BCUT2D eigenvalue weighted by Gasteiger charge is 2.31. The third-order valence-corrected chi connectivity index (χ3v) is 5.65. The summed E-state index contributed by atoms with van der Waals surface area (Å²) in [6.07, 6.45) is -5.92. The Kier molecular flexibility index (Phi) is 7.75. The van der Waals surface area contributed by atoms with Gasteiger partial charge in [0.1, 0.15) is 5.75 Å². The van der Waals surface area contributed by atoms with Crippen LogP contribution in [0.5, 0.6) is 5.75 Å². The van der Waals surface area contributed by atoms with Crippen LogP contribution >= 0.6 is 23.1 Å². The molecule has 3 rings (SSSR count). The Morgan fingerprint density at radius 1 is 1.12 bits per heavy atom. The lowest BCUT2D eigenvalue weighted by Crippen LogP contribution is -2.30. The van der Waals surface area contributed by atoms with Gasteiger partial charge in [-0.25, -0.2) is 9.78 Å². The zero-order valence-corrected chi connectivity index (χ0v) is 18.2. The van der Waals surface area contributed by atoms with E-state index in [0.717, 1.165) is 22.7 Å². The van der Waals surface area contributed by atoms with Crippen LogP contribution in [-0.2, 0) is 15.3 Å². The van der Waals surface area contributed by atoms with Gasteiger partial charge < -0.3 is 14.8 Å². The number of thiazole rings is 1. The minimum atomic E-state index is -4.80. The number of esters is 1. The summed E-state index contributed by atoms with van der Waals surface area (Å²) in [5.74, 6) is -0.993. The van der Waals surface area contributed by atoms with Crippen molar-refractivity contribution in [2.45, 2.75) is 30.0 Å². The molecule has 0 saturated carbocycles. The van der Waals surface area contributed by atoms with Crippen molar-refractivity contribution in [2.75, 3.05) is 5.32 Å². The SMILES string of the molecule is C[C@H](OC(=O)c1ccc(SCc2cscn2)cc1)C(=O)Nc1ccc(OC(F)(F)F)cc1. The van der Waals surface area contributed by atoms with E-state index in [9.17, 15) is 22.8 Å². The molecule has 11 heteroatoms. The summed E-state index contributed by atoms with van der Waals surface area (Å²) in [5.41, 5.74) is 3.26. The minimum Gasteiger partial charge on any atom is -0.449 e. The molecule has 1 atom stereocenters. The second-order valence-corrected chi connectivity index (χ2v) is 8.17. The quantitative estimate of drug-likeness (QED) is 0.337. The van der Waals surface area contributed by atoms with Crippen molar-refractivity contribution in [2.24, 2.45) is 0 Å². The highest BCUT2D eigenvalue weighted by Crippen LogP contribution is 2.25. The molecule has 32 heavy (non-hydrogen) atoms. The topological polar surface area (TPSA) is 77.5 Å². The molecule has 0 fully saturated rings. The van der Waals surface area contributed by atoms with Crippen molar-refractivity contribution < 1.29 is 32.2 Å². The molecule has 1 aromatic heterocycles. The van der Waals surface area contributed by atoms with Gasteiger partial charge in [0, 0.05) is 21.7 Å². The second-order valence-electron chi connectivity index (χ2n) is 6.40. The Morgan fingerprint density at radius 3 is 2.41 bits per heavy atom. The van der Waals surface area contributed by atoms with E-state index in [-0.39, 0.29) is 11.3 Å². The fraction of sp³-hybridized carbons (Fsp3) is 0.190. The first-order valence-corrected chi connectivity index (χ1v) is 11.1. The van der Waals surface area contributed by atoms with Gasteiger partial charge in [0.2, 0.25) is 0 Å². The largest absolute Gasteiger partial charge is 0.573 e. The van der Waals surface area contributed by atoms with Gasteiger partial charge in [0.05, 0.1) is 16.8 Å². The summed E-state index contributed by atoms with van der Waals surface area (Å²) in [7, 11) is 0. The van der Waals surface area contributed by atoms with Crippen LogP contribution < -0.4 is 10.1 Å². The number of halogens is 3. The number of hydrogen-bond acceptors (Lipinski definition) is 7. The monoisotopic (exact) mass is 482 g/mol. The number of alkyl halides is 3. The van der Waals surface area contributed by atoms with Crippen molar-refractivity contribution >= 4 is 40.7 Å². The maximum atomic E-state index is 12.3. The van der Waals surface area contributed by atoms with E-state index in [4.69, 9.17) is 4.74 Å². The highest BCUT2D eigenvalue weighted by molar-refractivity contribution is 7.98. The van der Waals surface area contributed by atoms with E-state index < -0.39 is 30.1 Å². The van der Waals surface area contributed by atoms with E-state index >= 15 is 0 Å². The fourth-order valence-electron chi connectivity index (χ4n) is 2.42. The van der Waals surface area contributed by atoms with Crippen LogP contribution in [0.3, 0.4) is 0 Å². The van der Waals surface area contributed by atoms with E-state index in [1.54, 1.807) is 41.5 Å². The minimum absolute atomic E-state index is 0.230. The third kappa shape index (κ3) is 7.27. The summed E-state index contributed by atoms with van der Waals surface area (Å²) in [5, 5.41) is 4.43. The molecule has 0 bridgehead atoms. The van der Waals surface area contributed by atoms with E-state index in [1.165, 1.54) is 30.4 Å². The van der Waals surface area contributed by atoms with Crippen LogP contribution in [-0.4, -0.2) is 29.3 Å². The molecule has 1 heterocycles. The summed E-state index contributed by atoms with van der Waals surface area (Å²) >= 11 is 3.11. The first-order valence-electron chi connectivity index (χ1n) is 9.17. The zero-order chi connectivity index (χ0) is 23.1. The number of aromatic nitrogens is 1. The van der Waals surface area contributed by atoms with Gasteiger partial charge >= 0.3 is 12.3 Å². The van der Waals surface area contributed by atoms with Gasteiger partial charge in [0.25, 0.3) is 5.91 Å². The maximum Gasteiger partial charge on any atom is 0.573 e. The molecule has 0 radical (unpaired) electrons. The first kappa shape index (κ1) is 23.6. The number of amides is 1. The van der Waals surface area contributed by atoms with Crippen molar-refractivity contribution in [3.8, 4) is 5.75 Å². The highest BCUT2D eigenvalue weighted by atomic mass is 32.2. The number of hydrogen-bond donors (Lipinski definition) is 1. The first-order chi connectivity index (χ1) is 15.2. The lowest BCUT2D eigenvalue weighted by molar-refractivity contribution is -0.274. The van der Waals surface area contributed by atoms with Crippen LogP contribution in [0, 0.1) is 0 Å². The average molecular weight is 483 g/mol. The predicted octanol–water partition coefficient (Wildman–Crippen LogP) is 5.52. The molecule has 6 nitrogen and oxygen atoms in total. The lowest BCUT2D eigenvalue weighted by Gasteiger charge is -2.14. The number of anilines is 1. The van der Waals surface area contributed by atoms with Gasteiger partial charge in [-0.15, -0.1) is 36.3 Å². The molecule has 0 aliphatic heterocycles. The van der Waals surface area contributed by atoms with E-state index in [2.05, 4.69) is 15.0 Å². The smallest absolute Gasteiger partial charge is 0.449 e. The molecule has 0 unspecified atom stereocenters. The summed E-state index contributed by atoms with van der Waals surface area (Å²) in [6.45, 7) is 1.40. The Hall–Kier alpha value is -3.05. The maximum absolute atomic E-state index is 12.3. The number of ether oxygens (including phenoxy) is 2. The second kappa shape index (κ2) is 10.5. The molecule has 0 aliphatic rings. The Balaban J connectivity index is 1.49. The molecule has 0 aliphatic carbocycles. The van der Waals surface area contributed by atoms with Gasteiger partial charge in [-0.2, -0.15) is 0 Å².